The third-order valence-corrected chi connectivity index (χ3v) is 4.18. The first-order valence-electron chi connectivity index (χ1n) is 7.39. The zero-order valence-corrected chi connectivity index (χ0v) is 14.2. The van der Waals surface area contributed by atoms with E-state index >= 15 is 0 Å². The van der Waals surface area contributed by atoms with Gasteiger partial charge in [-0.05, 0) is 30.7 Å². The molecule has 0 N–H and O–H groups in total. The lowest BCUT2D eigenvalue weighted by Crippen LogP contribution is -1.91. The van der Waals surface area contributed by atoms with Crippen molar-refractivity contribution in [1.29, 1.82) is 0 Å². The van der Waals surface area contributed by atoms with E-state index in [9.17, 15) is 0 Å². The van der Waals surface area contributed by atoms with Crippen molar-refractivity contribution in [3.05, 3.63) is 48.3 Å². The lowest BCUT2D eigenvalue weighted by molar-refractivity contribution is 0.393. The van der Waals surface area contributed by atoms with Gasteiger partial charge in [-0.25, -0.2) is 0 Å². The van der Waals surface area contributed by atoms with E-state index in [1.165, 1.54) is 11.8 Å². The molecule has 6 nitrogen and oxygen atoms in total. The number of hydrogen-bond acceptors (Lipinski definition) is 7. The van der Waals surface area contributed by atoms with Gasteiger partial charge < -0.3 is 13.9 Å². The number of benzene rings is 1. The van der Waals surface area contributed by atoms with Crippen LogP contribution in [0.2, 0.25) is 0 Å². The Labute approximate surface area is 144 Å². The number of methoxy groups -OCH3 is 2. The average molecular weight is 343 g/mol. The second kappa shape index (κ2) is 7.83. The monoisotopic (exact) mass is 343 g/mol. The standard InChI is InChI=1S/C17H17N3O3S/c1-21-13-6-7-14(15(11-13)22-2)16-19-20-17(23-16)24-10-8-12-5-3-4-9-18-12/h3-7,9,11H,8,10H2,1-2H3. The van der Waals surface area contributed by atoms with Gasteiger partial charge in [-0.2, -0.15) is 0 Å². The highest BCUT2D eigenvalue weighted by atomic mass is 32.2. The minimum absolute atomic E-state index is 0.426. The van der Waals surface area contributed by atoms with Gasteiger partial charge in [0, 0.05) is 23.7 Å². The van der Waals surface area contributed by atoms with E-state index in [1.807, 2.05) is 30.3 Å². The van der Waals surface area contributed by atoms with Gasteiger partial charge in [-0.3, -0.25) is 4.98 Å². The maximum Gasteiger partial charge on any atom is 0.276 e. The van der Waals surface area contributed by atoms with E-state index in [0.29, 0.717) is 22.6 Å². The van der Waals surface area contributed by atoms with Crippen molar-refractivity contribution < 1.29 is 13.9 Å². The minimum Gasteiger partial charge on any atom is -0.497 e. The predicted octanol–water partition coefficient (Wildman–Crippen LogP) is 3.48. The van der Waals surface area contributed by atoms with Gasteiger partial charge in [0.15, 0.2) is 0 Å². The van der Waals surface area contributed by atoms with Crippen LogP contribution < -0.4 is 9.47 Å². The lowest BCUT2D eigenvalue weighted by Gasteiger charge is -2.07. The zero-order chi connectivity index (χ0) is 16.8. The van der Waals surface area contributed by atoms with Crippen molar-refractivity contribution in [2.75, 3.05) is 20.0 Å². The first kappa shape index (κ1) is 16.3. The second-order valence-corrected chi connectivity index (χ2v) is 5.91. The summed E-state index contributed by atoms with van der Waals surface area (Å²) in [5.41, 5.74) is 1.78. The normalized spacial score (nSPS) is 10.6. The minimum atomic E-state index is 0.426. The van der Waals surface area contributed by atoms with E-state index in [0.717, 1.165) is 23.4 Å². The van der Waals surface area contributed by atoms with Crippen LogP contribution in [0.3, 0.4) is 0 Å². The maximum atomic E-state index is 5.72. The van der Waals surface area contributed by atoms with Gasteiger partial charge in [0.05, 0.1) is 19.8 Å². The molecule has 7 heteroatoms. The summed E-state index contributed by atoms with van der Waals surface area (Å²) in [6.07, 6.45) is 2.63. The van der Waals surface area contributed by atoms with Crippen LogP contribution in [0.4, 0.5) is 0 Å². The molecule has 0 atom stereocenters. The Morgan fingerprint density at radius 2 is 2.00 bits per heavy atom. The first-order chi connectivity index (χ1) is 11.8. The molecule has 0 fully saturated rings. The third kappa shape index (κ3) is 3.86. The van der Waals surface area contributed by atoms with Gasteiger partial charge in [0.25, 0.3) is 11.1 Å². The van der Waals surface area contributed by atoms with Crippen molar-refractivity contribution in [2.45, 2.75) is 11.6 Å². The van der Waals surface area contributed by atoms with Gasteiger partial charge in [0.1, 0.15) is 11.5 Å². The fraction of sp³-hybridized carbons (Fsp3) is 0.235. The molecular formula is C17H17N3O3S. The molecule has 3 rings (SSSR count). The summed E-state index contributed by atoms with van der Waals surface area (Å²) in [4.78, 5) is 4.29. The molecule has 0 bridgehead atoms. The van der Waals surface area contributed by atoms with Crippen LogP contribution in [0.25, 0.3) is 11.5 Å². The van der Waals surface area contributed by atoms with Crippen LogP contribution in [0.5, 0.6) is 11.5 Å². The average Bonchev–Trinajstić information content (AvgIpc) is 3.10. The molecule has 2 aromatic heterocycles. The first-order valence-corrected chi connectivity index (χ1v) is 8.37. The molecule has 0 saturated carbocycles. The maximum absolute atomic E-state index is 5.72. The predicted molar refractivity (Wildman–Crippen MR) is 91.5 cm³/mol. The summed E-state index contributed by atoms with van der Waals surface area (Å²) in [5, 5.41) is 8.71. The van der Waals surface area contributed by atoms with Crippen LogP contribution in [0.15, 0.2) is 52.2 Å². The summed E-state index contributed by atoms with van der Waals surface area (Å²) in [6.45, 7) is 0. The number of aromatic nitrogens is 3. The summed E-state index contributed by atoms with van der Waals surface area (Å²) < 4.78 is 16.3. The summed E-state index contributed by atoms with van der Waals surface area (Å²) in [7, 11) is 3.20. The number of nitrogens with zero attached hydrogens (tertiary/aromatic N) is 3. The molecule has 0 aliphatic heterocycles. The van der Waals surface area contributed by atoms with Crippen LogP contribution in [-0.2, 0) is 6.42 Å². The highest BCUT2D eigenvalue weighted by Gasteiger charge is 2.14. The molecule has 0 spiro atoms. The molecule has 24 heavy (non-hydrogen) atoms. The molecule has 0 aliphatic rings. The van der Waals surface area contributed by atoms with E-state index in [-0.39, 0.29) is 0 Å². The number of thioether (sulfide) groups is 1. The largest absolute Gasteiger partial charge is 0.497 e. The van der Waals surface area contributed by atoms with Gasteiger partial charge >= 0.3 is 0 Å². The van der Waals surface area contributed by atoms with Crippen molar-refractivity contribution in [2.24, 2.45) is 0 Å². The Hall–Kier alpha value is -2.54. The number of aryl methyl sites for hydroxylation is 1. The molecule has 0 saturated heterocycles. The third-order valence-electron chi connectivity index (χ3n) is 3.36. The van der Waals surface area contributed by atoms with Crippen LogP contribution in [0, 0.1) is 0 Å². The van der Waals surface area contributed by atoms with Crippen LogP contribution in [0.1, 0.15) is 5.69 Å². The van der Waals surface area contributed by atoms with Gasteiger partial charge in [-0.15, -0.1) is 10.2 Å². The highest BCUT2D eigenvalue weighted by Crippen LogP contribution is 2.33. The molecular weight excluding hydrogens is 326 g/mol. The molecule has 124 valence electrons. The van der Waals surface area contributed by atoms with Crippen molar-refractivity contribution >= 4 is 11.8 Å². The van der Waals surface area contributed by atoms with Crippen molar-refractivity contribution in [3.63, 3.8) is 0 Å². The fourth-order valence-electron chi connectivity index (χ4n) is 2.14. The summed E-state index contributed by atoms with van der Waals surface area (Å²) in [6, 6.07) is 11.3. The van der Waals surface area contributed by atoms with E-state index < -0.39 is 0 Å². The lowest BCUT2D eigenvalue weighted by atomic mass is 10.2. The fourth-order valence-corrected chi connectivity index (χ4v) is 2.86. The number of ether oxygens (including phenoxy) is 2. The molecule has 0 radical (unpaired) electrons. The highest BCUT2D eigenvalue weighted by molar-refractivity contribution is 7.99. The number of rotatable bonds is 7. The van der Waals surface area contributed by atoms with E-state index in [2.05, 4.69) is 15.2 Å². The Morgan fingerprint density at radius 3 is 2.75 bits per heavy atom. The number of hydrogen-bond donors (Lipinski definition) is 0. The van der Waals surface area contributed by atoms with Crippen LogP contribution >= 0.6 is 11.8 Å². The van der Waals surface area contributed by atoms with E-state index in [1.54, 1.807) is 26.5 Å². The summed E-state index contributed by atoms with van der Waals surface area (Å²) >= 11 is 1.51. The Balaban J connectivity index is 1.67. The number of pyridine rings is 1. The smallest absolute Gasteiger partial charge is 0.276 e. The topological polar surface area (TPSA) is 70.3 Å². The molecule has 0 amide bonds. The molecule has 0 aliphatic carbocycles. The molecule has 3 aromatic rings. The second-order valence-electron chi connectivity index (χ2n) is 4.86. The Morgan fingerprint density at radius 1 is 1.08 bits per heavy atom. The van der Waals surface area contributed by atoms with Crippen molar-refractivity contribution in [1.82, 2.24) is 15.2 Å². The Bertz CT molecular complexity index is 793. The molecule has 1 aromatic carbocycles. The SMILES string of the molecule is COc1ccc(-c2nnc(SCCc3ccccn3)o2)c(OC)c1. The van der Waals surface area contributed by atoms with Gasteiger partial charge in [0.2, 0.25) is 0 Å². The summed E-state index contributed by atoms with van der Waals surface area (Å²) in [5.74, 6) is 2.58. The van der Waals surface area contributed by atoms with Gasteiger partial charge in [-0.1, -0.05) is 17.8 Å². The van der Waals surface area contributed by atoms with Crippen LogP contribution in [-0.4, -0.2) is 35.2 Å². The van der Waals surface area contributed by atoms with Crippen molar-refractivity contribution in [3.8, 4) is 23.0 Å². The molecule has 2 heterocycles. The molecule has 0 unspecified atom stereocenters. The zero-order valence-electron chi connectivity index (χ0n) is 13.4. The quantitative estimate of drug-likeness (QED) is 0.608. The van der Waals surface area contributed by atoms with E-state index in [4.69, 9.17) is 13.9 Å². The Kier molecular flexibility index (Phi) is 5.32.